The van der Waals surface area contributed by atoms with Gasteiger partial charge in [-0.2, -0.15) is 9.61 Å². The first-order valence-electron chi connectivity index (χ1n) is 6.99. The van der Waals surface area contributed by atoms with Gasteiger partial charge in [-0.1, -0.05) is 29.5 Å². The number of thioether (sulfide) groups is 1. The molecule has 0 atom stereocenters. The van der Waals surface area contributed by atoms with E-state index in [0.717, 1.165) is 27.3 Å². The quantitative estimate of drug-likeness (QED) is 0.509. The molecule has 1 aromatic carbocycles. The van der Waals surface area contributed by atoms with Gasteiger partial charge in [0.2, 0.25) is 4.96 Å². The Morgan fingerprint density at radius 1 is 1.09 bits per heavy atom. The fourth-order valence-electron chi connectivity index (χ4n) is 2.03. The summed E-state index contributed by atoms with van der Waals surface area (Å²) >= 11 is 3.22. The molecule has 0 saturated heterocycles. The molecule has 3 heterocycles. The third-order valence-corrected chi connectivity index (χ3v) is 4.99. The topological polar surface area (TPSA) is 56.2 Å². The van der Waals surface area contributed by atoms with Crippen molar-refractivity contribution in [2.24, 2.45) is 0 Å². The highest BCUT2D eigenvalue weighted by atomic mass is 32.2. The number of nitrogens with zero attached hydrogens (tertiary/aromatic N) is 4. The smallest absolute Gasteiger partial charge is 0.234 e. The number of hydrogen-bond acceptors (Lipinski definition) is 6. The first-order valence-corrected chi connectivity index (χ1v) is 8.79. The molecule has 0 spiro atoms. The van der Waals surface area contributed by atoms with E-state index in [1.54, 1.807) is 18.0 Å². The summed E-state index contributed by atoms with van der Waals surface area (Å²) in [5.74, 6) is 2.38. The summed E-state index contributed by atoms with van der Waals surface area (Å²) in [6, 6.07) is 14.0. The molecule has 0 aliphatic rings. The van der Waals surface area contributed by atoms with Crippen LogP contribution in [0.2, 0.25) is 0 Å². The molecule has 5 nitrogen and oxygen atoms in total. The second-order valence-electron chi connectivity index (χ2n) is 4.70. The van der Waals surface area contributed by atoms with Gasteiger partial charge in [0.15, 0.2) is 5.82 Å². The standard InChI is InChI=1S/C16H12N4OS2/c1-2-6-13(7-3-1)22-11-14-17-18-16-20(14)19-15(23-16)9-8-12-5-4-10-21-12/h1-10H,11H2. The van der Waals surface area contributed by atoms with Gasteiger partial charge in [-0.15, -0.1) is 22.0 Å². The molecule has 0 N–H and O–H groups in total. The van der Waals surface area contributed by atoms with Crippen LogP contribution in [0.3, 0.4) is 0 Å². The lowest BCUT2D eigenvalue weighted by Crippen LogP contribution is -1.93. The van der Waals surface area contributed by atoms with E-state index in [2.05, 4.69) is 27.4 Å². The van der Waals surface area contributed by atoms with Gasteiger partial charge in [0.1, 0.15) is 10.8 Å². The summed E-state index contributed by atoms with van der Waals surface area (Å²) in [5, 5.41) is 13.8. The molecule has 0 amide bonds. The van der Waals surface area contributed by atoms with Gasteiger partial charge in [-0.25, -0.2) is 0 Å². The van der Waals surface area contributed by atoms with Gasteiger partial charge < -0.3 is 4.42 Å². The Morgan fingerprint density at radius 3 is 2.83 bits per heavy atom. The fourth-order valence-corrected chi connectivity index (χ4v) is 3.62. The van der Waals surface area contributed by atoms with Crippen LogP contribution < -0.4 is 0 Å². The molecule has 0 aliphatic heterocycles. The molecule has 0 saturated carbocycles. The largest absolute Gasteiger partial charge is 0.465 e. The van der Waals surface area contributed by atoms with Gasteiger partial charge in [-0.3, -0.25) is 0 Å². The molecule has 23 heavy (non-hydrogen) atoms. The maximum Gasteiger partial charge on any atom is 0.234 e. The highest BCUT2D eigenvalue weighted by Gasteiger charge is 2.10. The van der Waals surface area contributed by atoms with Gasteiger partial charge in [0.05, 0.1) is 12.0 Å². The number of hydrogen-bond donors (Lipinski definition) is 0. The third-order valence-electron chi connectivity index (χ3n) is 3.12. The average Bonchev–Trinajstić information content (AvgIpc) is 3.29. The van der Waals surface area contributed by atoms with E-state index in [1.807, 2.05) is 47.0 Å². The third kappa shape index (κ3) is 3.20. The summed E-state index contributed by atoms with van der Waals surface area (Å²) in [4.78, 5) is 2.00. The molecule has 0 fully saturated rings. The van der Waals surface area contributed by atoms with Crippen molar-refractivity contribution in [3.05, 3.63) is 65.3 Å². The molecule has 0 bridgehead atoms. The van der Waals surface area contributed by atoms with Gasteiger partial charge in [-0.05, 0) is 36.4 Å². The molecule has 3 aromatic heterocycles. The van der Waals surface area contributed by atoms with Crippen LogP contribution in [0, 0.1) is 0 Å². The predicted molar refractivity (Wildman–Crippen MR) is 92.3 cm³/mol. The highest BCUT2D eigenvalue weighted by molar-refractivity contribution is 7.98. The van der Waals surface area contributed by atoms with E-state index < -0.39 is 0 Å². The van der Waals surface area contributed by atoms with E-state index >= 15 is 0 Å². The second kappa shape index (κ2) is 6.39. The predicted octanol–water partition coefficient (Wildman–Crippen LogP) is 4.24. The Morgan fingerprint density at radius 2 is 2.00 bits per heavy atom. The molecule has 0 unspecified atom stereocenters. The first-order chi connectivity index (χ1) is 11.4. The number of furan rings is 1. The summed E-state index contributed by atoms with van der Waals surface area (Å²) < 4.78 is 7.08. The highest BCUT2D eigenvalue weighted by Crippen LogP contribution is 2.23. The number of rotatable bonds is 5. The summed E-state index contributed by atoms with van der Waals surface area (Å²) in [5.41, 5.74) is 0. The van der Waals surface area contributed by atoms with Crippen LogP contribution in [-0.4, -0.2) is 19.8 Å². The minimum absolute atomic E-state index is 0.732. The van der Waals surface area contributed by atoms with Crippen LogP contribution in [0.5, 0.6) is 0 Å². The van der Waals surface area contributed by atoms with Gasteiger partial charge in [0, 0.05) is 4.90 Å². The van der Waals surface area contributed by atoms with Crippen LogP contribution in [0.1, 0.15) is 16.6 Å². The van der Waals surface area contributed by atoms with E-state index in [-0.39, 0.29) is 0 Å². The van der Waals surface area contributed by atoms with Crippen LogP contribution >= 0.6 is 23.1 Å². The summed E-state index contributed by atoms with van der Waals surface area (Å²) in [6.45, 7) is 0. The van der Waals surface area contributed by atoms with Gasteiger partial charge in [0.25, 0.3) is 0 Å². The van der Waals surface area contributed by atoms with Crippen LogP contribution in [0.15, 0.2) is 58.0 Å². The zero-order chi connectivity index (χ0) is 15.5. The maximum atomic E-state index is 5.27. The van der Waals surface area contributed by atoms with Crippen molar-refractivity contribution < 1.29 is 4.42 Å². The SMILES string of the molecule is C(=Cc1nn2c(CSc3ccccc3)nnc2s1)c1ccco1. The monoisotopic (exact) mass is 340 g/mol. The molecule has 114 valence electrons. The van der Waals surface area contributed by atoms with E-state index in [1.165, 1.54) is 16.2 Å². The normalized spacial score (nSPS) is 11.7. The lowest BCUT2D eigenvalue weighted by molar-refractivity contribution is 0.557. The minimum atomic E-state index is 0.732. The summed E-state index contributed by atoms with van der Waals surface area (Å²) in [6.07, 6.45) is 5.47. The van der Waals surface area contributed by atoms with Crippen molar-refractivity contribution in [3.8, 4) is 0 Å². The Labute approximate surface area is 140 Å². The fraction of sp³-hybridized carbons (Fsp3) is 0.0625. The minimum Gasteiger partial charge on any atom is -0.465 e. The van der Waals surface area contributed by atoms with E-state index in [4.69, 9.17) is 4.42 Å². The number of aromatic nitrogens is 4. The Bertz CT molecular complexity index is 926. The van der Waals surface area contributed by atoms with Crippen molar-refractivity contribution in [3.63, 3.8) is 0 Å². The lowest BCUT2D eigenvalue weighted by atomic mass is 10.4. The van der Waals surface area contributed by atoms with Gasteiger partial charge >= 0.3 is 0 Å². The zero-order valence-electron chi connectivity index (χ0n) is 12.0. The van der Waals surface area contributed by atoms with Crippen molar-refractivity contribution in [1.29, 1.82) is 0 Å². The molecule has 0 aliphatic carbocycles. The average molecular weight is 340 g/mol. The van der Waals surface area contributed by atoms with E-state index in [0.29, 0.717) is 0 Å². The summed E-state index contributed by atoms with van der Waals surface area (Å²) in [7, 11) is 0. The Balaban J connectivity index is 1.52. The van der Waals surface area contributed by atoms with Crippen molar-refractivity contribution >= 4 is 40.2 Å². The molecular weight excluding hydrogens is 328 g/mol. The van der Waals surface area contributed by atoms with Crippen molar-refractivity contribution in [1.82, 2.24) is 19.8 Å². The van der Waals surface area contributed by atoms with Crippen molar-refractivity contribution in [2.45, 2.75) is 10.6 Å². The molecule has 7 heteroatoms. The molecule has 0 radical (unpaired) electrons. The number of fused-ring (bicyclic) bond motifs is 1. The Kier molecular flexibility index (Phi) is 3.95. The second-order valence-corrected chi connectivity index (χ2v) is 6.74. The first kappa shape index (κ1) is 14.2. The molecule has 4 aromatic rings. The molecule has 4 rings (SSSR count). The van der Waals surface area contributed by atoms with Crippen LogP contribution in [-0.2, 0) is 5.75 Å². The maximum absolute atomic E-state index is 5.27. The van der Waals surface area contributed by atoms with Crippen molar-refractivity contribution in [2.75, 3.05) is 0 Å². The Hall–Kier alpha value is -2.38. The van der Waals surface area contributed by atoms with E-state index in [9.17, 15) is 0 Å². The van der Waals surface area contributed by atoms with Crippen LogP contribution in [0.4, 0.5) is 0 Å². The zero-order valence-corrected chi connectivity index (χ0v) is 13.6. The number of benzene rings is 1. The molecular formula is C16H12N4OS2. The lowest BCUT2D eigenvalue weighted by Gasteiger charge is -1.98. The van der Waals surface area contributed by atoms with Crippen LogP contribution in [0.25, 0.3) is 17.1 Å².